The molecule has 1 atom stereocenters. The first kappa shape index (κ1) is 11.9. The van der Waals surface area contributed by atoms with Crippen molar-refractivity contribution in [1.82, 2.24) is 14.8 Å². The van der Waals surface area contributed by atoms with Crippen LogP contribution in [0.25, 0.3) is 0 Å². The Balaban J connectivity index is 3.00. The molecule has 0 bridgehead atoms. The van der Waals surface area contributed by atoms with Gasteiger partial charge in [-0.2, -0.15) is 5.10 Å². The Hall–Kier alpha value is -1.19. The summed E-state index contributed by atoms with van der Waals surface area (Å²) < 4.78 is 1.77. The fourth-order valence-corrected chi connectivity index (χ4v) is 1.54. The Morgan fingerprint density at radius 2 is 2.00 bits per heavy atom. The summed E-state index contributed by atoms with van der Waals surface area (Å²) in [6, 6.07) is -0.183. The number of hydrogen-bond acceptors (Lipinski definition) is 3. The molecule has 0 radical (unpaired) electrons. The summed E-state index contributed by atoms with van der Waals surface area (Å²) in [6.45, 7) is 7.82. The van der Waals surface area contributed by atoms with Gasteiger partial charge >= 0.3 is 0 Å². The number of carbonyl (C=O) groups excluding carboxylic acids is 1. The van der Waals surface area contributed by atoms with Crippen molar-refractivity contribution in [3.05, 3.63) is 11.6 Å². The molecule has 4 heteroatoms. The van der Waals surface area contributed by atoms with Crippen molar-refractivity contribution in [2.45, 2.75) is 53.0 Å². The van der Waals surface area contributed by atoms with E-state index in [9.17, 15) is 4.79 Å². The monoisotopic (exact) mass is 209 g/mol. The van der Waals surface area contributed by atoms with E-state index >= 15 is 0 Å². The van der Waals surface area contributed by atoms with Gasteiger partial charge < -0.3 is 0 Å². The summed E-state index contributed by atoms with van der Waals surface area (Å²) in [6.07, 6.45) is 2.17. The van der Waals surface area contributed by atoms with E-state index in [4.69, 9.17) is 0 Å². The van der Waals surface area contributed by atoms with E-state index in [2.05, 4.69) is 10.1 Å². The molecular weight excluding hydrogens is 190 g/mol. The maximum absolute atomic E-state index is 11.6. The third-order valence-corrected chi connectivity index (χ3v) is 2.56. The average molecular weight is 209 g/mol. The van der Waals surface area contributed by atoms with Crippen LogP contribution in [-0.4, -0.2) is 20.5 Å². The molecule has 84 valence electrons. The molecule has 0 aliphatic carbocycles. The van der Waals surface area contributed by atoms with Crippen LogP contribution >= 0.6 is 0 Å². The van der Waals surface area contributed by atoms with Gasteiger partial charge in [-0.3, -0.25) is 4.79 Å². The summed E-state index contributed by atoms with van der Waals surface area (Å²) >= 11 is 0. The van der Waals surface area contributed by atoms with Gasteiger partial charge in [0.25, 0.3) is 0 Å². The first-order valence-corrected chi connectivity index (χ1v) is 5.60. The highest BCUT2D eigenvalue weighted by molar-refractivity contribution is 5.81. The molecule has 0 aliphatic heterocycles. The lowest BCUT2D eigenvalue weighted by Gasteiger charge is -2.11. The molecule has 0 amide bonds. The maximum Gasteiger partial charge on any atom is 0.156 e. The minimum atomic E-state index is -0.183. The molecule has 0 aliphatic rings. The van der Waals surface area contributed by atoms with E-state index in [1.807, 2.05) is 27.7 Å². The third kappa shape index (κ3) is 2.43. The molecule has 0 spiro atoms. The van der Waals surface area contributed by atoms with Crippen LogP contribution in [0, 0.1) is 0 Å². The van der Waals surface area contributed by atoms with Gasteiger partial charge in [0.1, 0.15) is 11.9 Å². The second kappa shape index (κ2) is 5.05. The van der Waals surface area contributed by atoms with Crippen molar-refractivity contribution in [1.29, 1.82) is 0 Å². The van der Waals surface area contributed by atoms with Gasteiger partial charge in [-0.05, 0) is 6.92 Å². The van der Waals surface area contributed by atoms with Gasteiger partial charge in [0.2, 0.25) is 0 Å². The SMILES string of the molecule is CCC(=O)C(C)n1nc(CC)nc1CC. The van der Waals surface area contributed by atoms with E-state index in [1.54, 1.807) is 4.68 Å². The Morgan fingerprint density at radius 1 is 1.33 bits per heavy atom. The van der Waals surface area contributed by atoms with E-state index in [1.165, 1.54) is 0 Å². The Bertz CT molecular complexity index is 344. The zero-order valence-electron chi connectivity index (χ0n) is 9.95. The molecule has 1 heterocycles. The van der Waals surface area contributed by atoms with Crippen molar-refractivity contribution in [3.8, 4) is 0 Å². The number of aryl methyl sites for hydroxylation is 2. The molecule has 0 aromatic carbocycles. The van der Waals surface area contributed by atoms with Crippen LogP contribution in [0.1, 0.15) is 51.8 Å². The van der Waals surface area contributed by atoms with Gasteiger partial charge in [0, 0.05) is 19.3 Å². The average Bonchev–Trinajstić information content (AvgIpc) is 2.69. The van der Waals surface area contributed by atoms with Gasteiger partial charge in [0.05, 0.1) is 0 Å². The summed E-state index contributed by atoms with van der Waals surface area (Å²) in [7, 11) is 0. The number of aromatic nitrogens is 3. The molecular formula is C11H19N3O. The van der Waals surface area contributed by atoms with Gasteiger partial charge in [-0.25, -0.2) is 9.67 Å². The first-order valence-electron chi connectivity index (χ1n) is 5.60. The molecule has 1 aromatic rings. The van der Waals surface area contributed by atoms with Gasteiger partial charge in [0.15, 0.2) is 11.6 Å². The van der Waals surface area contributed by atoms with Crippen LogP contribution in [0.4, 0.5) is 0 Å². The number of hydrogen-bond donors (Lipinski definition) is 0. The molecule has 0 saturated carbocycles. The first-order chi connectivity index (χ1) is 7.13. The van der Waals surface area contributed by atoms with E-state index in [0.717, 1.165) is 24.5 Å². The van der Waals surface area contributed by atoms with Crippen LogP contribution in [0.2, 0.25) is 0 Å². The highest BCUT2D eigenvalue weighted by atomic mass is 16.1. The fraction of sp³-hybridized carbons (Fsp3) is 0.727. The predicted molar refractivity (Wildman–Crippen MR) is 58.8 cm³/mol. The number of ketones is 1. The van der Waals surface area contributed by atoms with Crippen molar-refractivity contribution >= 4 is 5.78 Å². The number of Topliss-reactive ketones (excluding diaryl/α,β-unsaturated/α-hetero) is 1. The zero-order chi connectivity index (χ0) is 11.4. The lowest BCUT2D eigenvalue weighted by atomic mass is 10.2. The number of rotatable bonds is 5. The molecule has 1 unspecified atom stereocenters. The molecule has 1 aromatic heterocycles. The van der Waals surface area contributed by atoms with Crippen LogP contribution < -0.4 is 0 Å². The summed E-state index contributed by atoms with van der Waals surface area (Å²) in [5.41, 5.74) is 0. The van der Waals surface area contributed by atoms with Crippen molar-refractivity contribution in [3.63, 3.8) is 0 Å². The second-order valence-electron chi connectivity index (χ2n) is 3.59. The van der Waals surface area contributed by atoms with Crippen LogP contribution in [0.15, 0.2) is 0 Å². The zero-order valence-corrected chi connectivity index (χ0v) is 9.95. The summed E-state index contributed by atoms with van der Waals surface area (Å²) in [5.74, 6) is 1.93. The molecule has 0 saturated heterocycles. The summed E-state index contributed by atoms with van der Waals surface area (Å²) in [5, 5.41) is 4.35. The van der Waals surface area contributed by atoms with Gasteiger partial charge in [-0.1, -0.05) is 20.8 Å². The van der Waals surface area contributed by atoms with Crippen molar-refractivity contribution in [2.24, 2.45) is 0 Å². The van der Waals surface area contributed by atoms with Crippen LogP contribution in [0.5, 0.6) is 0 Å². The van der Waals surface area contributed by atoms with E-state index in [-0.39, 0.29) is 11.8 Å². The number of nitrogens with zero attached hydrogens (tertiary/aromatic N) is 3. The normalized spacial score (nSPS) is 12.8. The Kier molecular flexibility index (Phi) is 4.00. The highest BCUT2D eigenvalue weighted by Gasteiger charge is 2.18. The molecule has 15 heavy (non-hydrogen) atoms. The van der Waals surface area contributed by atoms with E-state index < -0.39 is 0 Å². The molecule has 1 rings (SSSR count). The fourth-order valence-electron chi connectivity index (χ4n) is 1.54. The lowest BCUT2D eigenvalue weighted by molar-refractivity contribution is -0.121. The smallest absolute Gasteiger partial charge is 0.156 e. The lowest BCUT2D eigenvalue weighted by Crippen LogP contribution is -2.19. The molecule has 0 fully saturated rings. The Morgan fingerprint density at radius 3 is 2.47 bits per heavy atom. The second-order valence-corrected chi connectivity index (χ2v) is 3.59. The minimum Gasteiger partial charge on any atom is -0.297 e. The van der Waals surface area contributed by atoms with E-state index in [0.29, 0.717) is 6.42 Å². The van der Waals surface area contributed by atoms with Gasteiger partial charge in [-0.15, -0.1) is 0 Å². The highest BCUT2D eigenvalue weighted by Crippen LogP contribution is 2.12. The minimum absolute atomic E-state index is 0.183. The Labute approximate surface area is 90.7 Å². The predicted octanol–water partition coefficient (Wildman–Crippen LogP) is 1.94. The molecule has 4 nitrogen and oxygen atoms in total. The third-order valence-electron chi connectivity index (χ3n) is 2.56. The van der Waals surface area contributed by atoms with Crippen molar-refractivity contribution < 1.29 is 4.79 Å². The molecule has 0 N–H and O–H groups in total. The quantitative estimate of drug-likeness (QED) is 0.744. The topological polar surface area (TPSA) is 47.8 Å². The van der Waals surface area contributed by atoms with Crippen LogP contribution in [-0.2, 0) is 17.6 Å². The largest absolute Gasteiger partial charge is 0.297 e. The van der Waals surface area contributed by atoms with Crippen molar-refractivity contribution in [2.75, 3.05) is 0 Å². The standard InChI is InChI=1S/C11H19N3O/c1-5-9(15)8(4)14-11(7-3)12-10(6-2)13-14/h8H,5-7H2,1-4H3. The number of carbonyl (C=O) groups is 1. The van der Waals surface area contributed by atoms with Crippen LogP contribution in [0.3, 0.4) is 0 Å². The summed E-state index contributed by atoms with van der Waals surface area (Å²) in [4.78, 5) is 16.0. The maximum atomic E-state index is 11.6.